The molecule has 0 bridgehead atoms. The highest BCUT2D eigenvalue weighted by atomic mass is 19.1. The Hall–Kier alpha value is -2.77. The zero-order valence-corrected chi connectivity index (χ0v) is 10.2. The second-order valence-corrected chi connectivity index (χ2v) is 4.00. The summed E-state index contributed by atoms with van der Waals surface area (Å²) in [6.07, 6.45) is 2.09. The monoisotopic (exact) mass is 281 g/mol. The molecule has 0 fully saturated rings. The summed E-state index contributed by atoms with van der Waals surface area (Å²) < 4.78 is 27.5. The normalized spacial score (nSPS) is 12.9. The first kappa shape index (κ1) is 13.7. The topological polar surface area (TPSA) is 87.4 Å². The van der Waals surface area contributed by atoms with Gasteiger partial charge in [0.25, 0.3) is 5.56 Å². The number of H-pyrrole nitrogens is 1. The van der Waals surface area contributed by atoms with Crippen molar-refractivity contribution in [1.82, 2.24) is 9.55 Å². The second-order valence-electron chi connectivity index (χ2n) is 4.00. The molecule has 0 aliphatic heterocycles. The first-order valence-corrected chi connectivity index (χ1v) is 5.41. The first-order chi connectivity index (χ1) is 9.43. The smallest absolute Gasteiger partial charge is 0.275 e. The SMILES string of the molecule is Cn1c(=CN=O)[nH]c(=Cc2cc(F)c(O)c(F)c2)c1=O. The number of halogens is 2. The fourth-order valence-electron chi connectivity index (χ4n) is 1.67. The van der Waals surface area contributed by atoms with Gasteiger partial charge >= 0.3 is 0 Å². The summed E-state index contributed by atoms with van der Waals surface area (Å²) in [7, 11) is 1.41. The summed E-state index contributed by atoms with van der Waals surface area (Å²) in [6.45, 7) is 0. The van der Waals surface area contributed by atoms with Gasteiger partial charge in [-0.25, -0.2) is 8.78 Å². The number of benzene rings is 1. The predicted octanol–water partition coefficient (Wildman–Crippen LogP) is 0.0304. The Morgan fingerprint density at radius 3 is 2.50 bits per heavy atom. The van der Waals surface area contributed by atoms with Crippen molar-refractivity contribution >= 4 is 12.3 Å². The third-order valence-corrected chi connectivity index (χ3v) is 2.68. The van der Waals surface area contributed by atoms with Gasteiger partial charge in [-0.1, -0.05) is 0 Å². The molecular formula is C12H9F2N3O3. The minimum atomic E-state index is -1.14. The number of nitrogens with zero attached hydrogens (tertiary/aromatic N) is 2. The molecule has 2 aromatic rings. The van der Waals surface area contributed by atoms with Crippen molar-refractivity contribution in [2.45, 2.75) is 0 Å². The number of nitroso groups, excluding NO2 is 1. The van der Waals surface area contributed by atoms with Crippen LogP contribution >= 0.6 is 0 Å². The average Bonchev–Trinajstić information content (AvgIpc) is 2.65. The van der Waals surface area contributed by atoms with Crippen LogP contribution in [0.4, 0.5) is 8.78 Å². The van der Waals surface area contributed by atoms with Gasteiger partial charge < -0.3 is 10.1 Å². The molecule has 0 amide bonds. The molecular weight excluding hydrogens is 272 g/mol. The van der Waals surface area contributed by atoms with E-state index < -0.39 is 22.9 Å². The molecule has 1 aromatic carbocycles. The predicted molar refractivity (Wildman–Crippen MR) is 67.1 cm³/mol. The van der Waals surface area contributed by atoms with E-state index in [0.29, 0.717) is 0 Å². The van der Waals surface area contributed by atoms with E-state index in [4.69, 9.17) is 5.11 Å². The molecule has 0 saturated carbocycles. The van der Waals surface area contributed by atoms with Gasteiger partial charge in [0.1, 0.15) is 17.0 Å². The van der Waals surface area contributed by atoms with Crippen molar-refractivity contribution in [3.8, 4) is 5.75 Å². The van der Waals surface area contributed by atoms with Gasteiger partial charge in [-0.05, 0) is 28.9 Å². The van der Waals surface area contributed by atoms with Crippen molar-refractivity contribution in [1.29, 1.82) is 0 Å². The Morgan fingerprint density at radius 2 is 1.95 bits per heavy atom. The number of phenolic OH excluding ortho intramolecular Hbond substituents is 1. The molecule has 0 atom stereocenters. The molecule has 0 aliphatic rings. The lowest BCUT2D eigenvalue weighted by atomic mass is 10.2. The van der Waals surface area contributed by atoms with Crippen LogP contribution in [0.3, 0.4) is 0 Å². The number of hydrogen-bond donors (Lipinski definition) is 2. The van der Waals surface area contributed by atoms with Crippen LogP contribution in [0.15, 0.2) is 22.1 Å². The van der Waals surface area contributed by atoms with E-state index in [1.165, 1.54) is 13.1 Å². The molecule has 104 valence electrons. The molecule has 20 heavy (non-hydrogen) atoms. The molecule has 0 spiro atoms. The second kappa shape index (κ2) is 5.08. The number of hydrogen-bond acceptors (Lipinski definition) is 4. The molecule has 2 rings (SSSR count). The molecule has 2 N–H and O–H groups in total. The van der Waals surface area contributed by atoms with Gasteiger partial charge in [-0.3, -0.25) is 9.36 Å². The van der Waals surface area contributed by atoms with Gasteiger partial charge in [0.2, 0.25) is 0 Å². The maximum atomic E-state index is 13.2. The number of imidazole rings is 1. The van der Waals surface area contributed by atoms with Gasteiger partial charge in [0, 0.05) is 7.05 Å². The van der Waals surface area contributed by atoms with Gasteiger partial charge in [-0.2, -0.15) is 0 Å². The van der Waals surface area contributed by atoms with Crippen molar-refractivity contribution in [3.63, 3.8) is 0 Å². The van der Waals surface area contributed by atoms with Crippen LogP contribution in [0.25, 0.3) is 12.3 Å². The van der Waals surface area contributed by atoms with Gasteiger partial charge in [-0.15, -0.1) is 4.91 Å². The van der Waals surface area contributed by atoms with Gasteiger partial charge in [0.15, 0.2) is 17.4 Å². The third kappa shape index (κ3) is 2.35. The van der Waals surface area contributed by atoms with E-state index in [2.05, 4.69) is 10.2 Å². The van der Waals surface area contributed by atoms with Crippen molar-refractivity contribution in [2.24, 2.45) is 12.2 Å². The lowest BCUT2D eigenvalue weighted by molar-refractivity contribution is 0.396. The number of aromatic nitrogens is 2. The first-order valence-electron chi connectivity index (χ1n) is 5.41. The summed E-state index contributed by atoms with van der Waals surface area (Å²) in [4.78, 5) is 24.6. The number of aromatic amines is 1. The average molecular weight is 281 g/mol. The summed E-state index contributed by atoms with van der Waals surface area (Å²) >= 11 is 0. The van der Waals surface area contributed by atoms with Crippen LogP contribution in [0.2, 0.25) is 0 Å². The van der Waals surface area contributed by atoms with Crippen LogP contribution in [-0.4, -0.2) is 14.7 Å². The highest BCUT2D eigenvalue weighted by Crippen LogP contribution is 2.21. The highest BCUT2D eigenvalue weighted by Gasteiger charge is 2.08. The third-order valence-electron chi connectivity index (χ3n) is 2.68. The Morgan fingerprint density at radius 1 is 1.35 bits per heavy atom. The molecule has 0 aliphatic carbocycles. The van der Waals surface area contributed by atoms with E-state index in [-0.39, 0.29) is 16.4 Å². The van der Waals surface area contributed by atoms with Crippen LogP contribution in [0.1, 0.15) is 5.56 Å². The standard InChI is InChI=1S/C12H9F2N3O3/c1-17-10(5-15-20)16-9(12(17)19)4-6-2-7(13)11(18)8(14)3-6/h2-5,16,18H,1H3. The lowest BCUT2D eigenvalue weighted by Gasteiger charge is -1.98. The number of aromatic hydroxyl groups is 1. The van der Waals surface area contributed by atoms with E-state index in [9.17, 15) is 18.5 Å². The van der Waals surface area contributed by atoms with E-state index >= 15 is 0 Å². The fraction of sp³-hybridized carbons (Fsp3) is 0.0833. The van der Waals surface area contributed by atoms with Crippen LogP contribution in [0, 0.1) is 16.5 Å². The van der Waals surface area contributed by atoms with Gasteiger partial charge in [0.05, 0.1) is 0 Å². The molecule has 1 heterocycles. The summed E-state index contributed by atoms with van der Waals surface area (Å²) in [6, 6.07) is 1.75. The molecule has 0 saturated heterocycles. The summed E-state index contributed by atoms with van der Waals surface area (Å²) in [5, 5.41) is 11.5. The fourth-order valence-corrected chi connectivity index (χ4v) is 1.67. The van der Waals surface area contributed by atoms with Crippen LogP contribution in [-0.2, 0) is 7.05 Å². The maximum absolute atomic E-state index is 13.2. The number of rotatable bonds is 2. The Bertz CT molecular complexity index is 829. The highest BCUT2D eigenvalue weighted by molar-refractivity contribution is 5.50. The maximum Gasteiger partial charge on any atom is 0.275 e. The Kier molecular flexibility index (Phi) is 3.47. The zero-order chi connectivity index (χ0) is 14.9. The van der Waals surface area contributed by atoms with Crippen molar-refractivity contribution < 1.29 is 13.9 Å². The summed E-state index contributed by atoms with van der Waals surface area (Å²) in [5.74, 6) is -3.36. The molecule has 1 aromatic heterocycles. The minimum Gasteiger partial charge on any atom is -0.503 e. The lowest BCUT2D eigenvalue weighted by Crippen LogP contribution is -2.28. The molecule has 0 radical (unpaired) electrons. The quantitative estimate of drug-likeness (QED) is 0.761. The molecule has 0 unspecified atom stereocenters. The van der Waals surface area contributed by atoms with Crippen molar-refractivity contribution in [2.75, 3.05) is 0 Å². The van der Waals surface area contributed by atoms with Crippen LogP contribution < -0.4 is 16.4 Å². The summed E-state index contributed by atoms with van der Waals surface area (Å²) in [5.41, 5.74) is -0.299. The van der Waals surface area contributed by atoms with E-state index in [0.717, 1.165) is 22.9 Å². The molecule has 8 heteroatoms. The van der Waals surface area contributed by atoms with E-state index in [1.807, 2.05) is 0 Å². The largest absolute Gasteiger partial charge is 0.503 e. The Balaban J connectivity index is 2.69. The zero-order valence-electron chi connectivity index (χ0n) is 10.2. The van der Waals surface area contributed by atoms with Crippen molar-refractivity contribution in [3.05, 3.63) is 55.4 Å². The van der Waals surface area contributed by atoms with E-state index in [1.54, 1.807) is 0 Å². The Labute approximate surface area is 110 Å². The minimum absolute atomic E-state index is 0.0203. The number of phenols is 1. The van der Waals surface area contributed by atoms with Crippen LogP contribution in [0.5, 0.6) is 5.75 Å². The molecule has 6 nitrogen and oxygen atoms in total. The number of nitrogens with one attached hydrogen (secondary N) is 1.